The number of thiophene rings is 2. The van der Waals surface area contributed by atoms with Crippen LogP contribution in [0.1, 0.15) is 68.4 Å². The van der Waals surface area contributed by atoms with Crippen molar-refractivity contribution in [3.8, 4) is 0 Å². The van der Waals surface area contributed by atoms with Crippen molar-refractivity contribution in [1.29, 1.82) is 0 Å². The third-order valence-corrected chi connectivity index (χ3v) is 13.2. The maximum Gasteiger partial charge on any atom is 0.168 e. The summed E-state index contributed by atoms with van der Waals surface area (Å²) in [5.74, 6) is 4.01. The van der Waals surface area contributed by atoms with Gasteiger partial charge in [-0.25, -0.2) is 0 Å². The Kier molecular flexibility index (Phi) is 4.01. The zero-order chi connectivity index (χ0) is 21.3. The number of aryl methyl sites for hydroxylation is 2. The molecule has 2 aromatic heterocycles. The predicted octanol–water partition coefficient (Wildman–Crippen LogP) is 6.71. The SMILES string of the molecule is Cc1cc2c(s1)C1C(=O)C3C4CC(C)C5c6sc(C)cc6C(=O)C5C4CC(C)C3C1S2. The molecule has 0 radical (unpaired) electrons. The largest absolute Gasteiger partial charge is 0.299 e. The van der Waals surface area contributed by atoms with Crippen LogP contribution in [0.3, 0.4) is 0 Å². The Hall–Kier alpha value is -0.910. The highest BCUT2D eigenvalue weighted by molar-refractivity contribution is 8.00. The monoisotopic (exact) mass is 468 g/mol. The van der Waals surface area contributed by atoms with E-state index in [0.717, 1.165) is 18.4 Å². The van der Waals surface area contributed by atoms with Crippen LogP contribution in [0.15, 0.2) is 17.0 Å². The molecule has 5 aliphatic rings. The number of carbonyl (C=O) groups is 2. The Labute approximate surface area is 196 Å². The second-order valence-electron chi connectivity index (χ2n) is 11.0. The van der Waals surface area contributed by atoms with E-state index in [9.17, 15) is 9.59 Å². The molecule has 2 nitrogen and oxygen atoms in total. The minimum absolute atomic E-state index is 0.117. The minimum Gasteiger partial charge on any atom is -0.299 e. The van der Waals surface area contributed by atoms with Gasteiger partial charge in [0.25, 0.3) is 0 Å². The summed E-state index contributed by atoms with van der Waals surface area (Å²) in [7, 11) is 0. The van der Waals surface area contributed by atoms with Crippen LogP contribution in [0.25, 0.3) is 0 Å². The van der Waals surface area contributed by atoms with E-state index in [2.05, 4.69) is 39.8 Å². The summed E-state index contributed by atoms with van der Waals surface area (Å²) in [5, 5.41) is 0.437. The van der Waals surface area contributed by atoms with Crippen molar-refractivity contribution < 1.29 is 9.59 Å². The minimum atomic E-state index is 0.117. The standard InChI is InChI=1S/C26H28O2S3/c1-9-5-14-13(19-17(9)24-15(22(19)27)7-11(3)29-24)6-10(2)18-20(14)23(28)21-25-16(31-26(18)21)8-12(4)30-25/h7-10,13-14,17-21,26H,5-6H2,1-4H3. The summed E-state index contributed by atoms with van der Waals surface area (Å²) in [6.07, 6.45) is 2.25. The highest BCUT2D eigenvalue weighted by Crippen LogP contribution is 2.68. The van der Waals surface area contributed by atoms with Gasteiger partial charge in [-0.05, 0) is 68.4 Å². The molecular weight excluding hydrogens is 440 g/mol. The summed E-state index contributed by atoms with van der Waals surface area (Å²) in [6.45, 7) is 9.03. The van der Waals surface area contributed by atoms with Gasteiger partial charge >= 0.3 is 0 Å². The first-order chi connectivity index (χ1) is 14.8. The lowest BCUT2D eigenvalue weighted by molar-refractivity contribution is -0.129. The molecule has 0 amide bonds. The number of rotatable bonds is 0. The molecule has 10 atom stereocenters. The van der Waals surface area contributed by atoms with E-state index in [-0.39, 0.29) is 17.8 Å². The zero-order valence-electron chi connectivity index (χ0n) is 18.4. The van der Waals surface area contributed by atoms with E-state index in [0.29, 0.717) is 52.3 Å². The van der Waals surface area contributed by atoms with E-state index in [4.69, 9.17) is 0 Å². The summed E-state index contributed by atoms with van der Waals surface area (Å²) in [4.78, 5) is 34.3. The Bertz CT molecular complexity index is 1140. The fourth-order valence-corrected chi connectivity index (χ4v) is 13.0. The Morgan fingerprint density at radius 2 is 1.52 bits per heavy atom. The van der Waals surface area contributed by atoms with Crippen LogP contribution >= 0.6 is 34.4 Å². The van der Waals surface area contributed by atoms with Gasteiger partial charge in [-0.1, -0.05) is 13.8 Å². The van der Waals surface area contributed by atoms with E-state index in [1.165, 1.54) is 24.4 Å². The normalized spacial score (nSPS) is 44.5. The van der Waals surface area contributed by atoms with E-state index in [1.807, 2.05) is 34.4 Å². The molecule has 162 valence electrons. The Morgan fingerprint density at radius 1 is 0.839 bits per heavy atom. The average Bonchev–Trinajstić information content (AvgIpc) is 3.45. The maximum atomic E-state index is 14.0. The highest BCUT2D eigenvalue weighted by Gasteiger charge is 2.65. The van der Waals surface area contributed by atoms with Crippen LogP contribution in [-0.4, -0.2) is 16.8 Å². The lowest BCUT2D eigenvalue weighted by atomic mass is 9.52. The molecule has 5 heteroatoms. The summed E-state index contributed by atoms with van der Waals surface area (Å²) in [6, 6.07) is 4.44. The number of thioether (sulfide) groups is 1. The van der Waals surface area contributed by atoms with Crippen LogP contribution in [0.4, 0.5) is 0 Å². The van der Waals surface area contributed by atoms with Gasteiger partial charge in [0.15, 0.2) is 5.78 Å². The Balaban J connectivity index is 1.29. The van der Waals surface area contributed by atoms with Crippen molar-refractivity contribution in [1.82, 2.24) is 0 Å². The first-order valence-corrected chi connectivity index (χ1v) is 14.3. The maximum absolute atomic E-state index is 14.0. The lowest BCUT2D eigenvalue weighted by Crippen LogP contribution is -2.49. The van der Waals surface area contributed by atoms with Crippen molar-refractivity contribution in [2.75, 3.05) is 0 Å². The summed E-state index contributed by atoms with van der Waals surface area (Å²) >= 11 is 5.70. The molecule has 3 fully saturated rings. The van der Waals surface area contributed by atoms with Gasteiger partial charge < -0.3 is 0 Å². The van der Waals surface area contributed by atoms with Crippen LogP contribution < -0.4 is 0 Å². The number of hydrogen-bond donors (Lipinski definition) is 0. The molecule has 2 aromatic rings. The highest BCUT2D eigenvalue weighted by atomic mass is 32.2. The number of Topliss-reactive ketones (excluding diaryl/α,β-unsaturated/α-hetero) is 2. The second kappa shape index (κ2) is 6.36. The zero-order valence-corrected chi connectivity index (χ0v) is 20.8. The smallest absolute Gasteiger partial charge is 0.168 e. The van der Waals surface area contributed by atoms with Crippen molar-refractivity contribution in [2.24, 2.45) is 41.4 Å². The molecule has 3 heterocycles. The van der Waals surface area contributed by atoms with Crippen LogP contribution in [0.5, 0.6) is 0 Å². The molecule has 0 aromatic carbocycles. The molecule has 7 rings (SSSR count). The predicted molar refractivity (Wildman–Crippen MR) is 128 cm³/mol. The molecule has 4 aliphatic carbocycles. The molecule has 3 saturated carbocycles. The van der Waals surface area contributed by atoms with Crippen molar-refractivity contribution in [3.05, 3.63) is 37.2 Å². The topological polar surface area (TPSA) is 34.1 Å². The summed E-state index contributed by atoms with van der Waals surface area (Å²) in [5.41, 5.74) is 1.02. The van der Waals surface area contributed by atoms with E-state index >= 15 is 0 Å². The molecular formula is C26H28O2S3. The quantitative estimate of drug-likeness (QED) is 0.431. The second-order valence-corrected chi connectivity index (χ2v) is 14.8. The first kappa shape index (κ1) is 19.5. The van der Waals surface area contributed by atoms with Crippen molar-refractivity contribution >= 4 is 46.0 Å². The van der Waals surface area contributed by atoms with Gasteiger partial charge in [0.1, 0.15) is 5.78 Å². The molecule has 31 heavy (non-hydrogen) atoms. The third-order valence-electron chi connectivity index (χ3n) is 9.32. The van der Waals surface area contributed by atoms with Crippen LogP contribution in [0, 0.1) is 55.3 Å². The van der Waals surface area contributed by atoms with Crippen molar-refractivity contribution in [3.63, 3.8) is 0 Å². The van der Waals surface area contributed by atoms with Crippen LogP contribution in [0.2, 0.25) is 0 Å². The fourth-order valence-electron chi connectivity index (χ4n) is 8.44. The first-order valence-electron chi connectivity index (χ1n) is 11.8. The molecule has 0 saturated heterocycles. The van der Waals surface area contributed by atoms with Gasteiger partial charge in [0.05, 0.1) is 5.92 Å². The lowest BCUT2D eigenvalue weighted by Gasteiger charge is -2.52. The van der Waals surface area contributed by atoms with Gasteiger partial charge in [-0.3, -0.25) is 9.59 Å². The van der Waals surface area contributed by atoms with Gasteiger partial charge in [0.2, 0.25) is 0 Å². The average molecular weight is 469 g/mol. The van der Waals surface area contributed by atoms with E-state index in [1.54, 1.807) is 0 Å². The number of hydrogen-bond acceptors (Lipinski definition) is 5. The number of fused-ring (bicyclic) bond motifs is 11. The summed E-state index contributed by atoms with van der Waals surface area (Å²) < 4.78 is 0. The van der Waals surface area contributed by atoms with Gasteiger partial charge in [0, 0.05) is 53.0 Å². The third kappa shape index (κ3) is 2.36. The molecule has 0 bridgehead atoms. The van der Waals surface area contributed by atoms with Gasteiger partial charge in [-0.2, -0.15) is 0 Å². The number of carbonyl (C=O) groups excluding carboxylic acids is 2. The van der Waals surface area contributed by atoms with E-state index < -0.39 is 0 Å². The van der Waals surface area contributed by atoms with Crippen LogP contribution in [-0.2, 0) is 4.79 Å². The molecule has 1 aliphatic heterocycles. The molecule has 0 spiro atoms. The molecule has 0 N–H and O–H groups in total. The Morgan fingerprint density at radius 3 is 2.32 bits per heavy atom. The fraction of sp³-hybridized carbons (Fsp3) is 0.615. The van der Waals surface area contributed by atoms with Gasteiger partial charge in [-0.15, -0.1) is 34.4 Å². The number of ketones is 2. The molecule has 10 unspecified atom stereocenters. The van der Waals surface area contributed by atoms with Crippen molar-refractivity contribution in [2.45, 2.75) is 62.5 Å².